The first-order valence-electron chi connectivity index (χ1n) is 8.07. The van der Waals surface area contributed by atoms with E-state index in [1.807, 2.05) is 36.5 Å². The largest absolute Gasteiger partial charge is 0.325 e. The molecule has 5 rings (SSSR count). The number of para-hydroxylation sites is 1. The predicted molar refractivity (Wildman–Crippen MR) is 98.6 cm³/mol. The number of nitrogens with one attached hydrogen (secondary N) is 1. The number of amides is 1. The minimum absolute atomic E-state index is 0.130. The lowest BCUT2D eigenvalue weighted by Crippen LogP contribution is -2.14. The molecule has 6 nitrogen and oxygen atoms in total. The van der Waals surface area contributed by atoms with Crippen LogP contribution in [-0.2, 0) is 4.79 Å². The molecule has 26 heavy (non-hydrogen) atoms. The minimum atomic E-state index is -0.539. The van der Waals surface area contributed by atoms with Gasteiger partial charge in [-0.2, -0.15) is 0 Å². The molecule has 3 heterocycles. The van der Waals surface area contributed by atoms with Gasteiger partial charge in [-0.15, -0.1) is 5.10 Å². The zero-order valence-electron chi connectivity index (χ0n) is 13.4. The van der Waals surface area contributed by atoms with Gasteiger partial charge in [-0.25, -0.2) is 14.6 Å². The van der Waals surface area contributed by atoms with Crippen molar-refractivity contribution in [3.05, 3.63) is 77.3 Å². The number of benzene rings is 2. The maximum Gasteiger partial charge on any atom is 0.238 e. The predicted octanol–water partition coefficient (Wildman–Crippen LogP) is 3.55. The fourth-order valence-corrected chi connectivity index (χ4v) is 3.48. The first-order valence-corrected chi connectivity index (χ1v) is 8.44. The zero-order valence-corrected chi connectivity index (χ0v) is 14.2. The smallest absolute Gasteiger partial charge is 0.238 e. The molecule has 126 valence electrons. The molecule has 0 spiro atoms. The highest BCUT2D eigenvalue weighted by Gasteiger charge is 2.35. The number of anilines is 1. The van der Waals surface area contributed by atoms with E-state index < -0.39 is 5.92 Å². The van der Waals surface area contributed by atoms with E-state index in [4.69, 9.17) is 11.6 Å². The molecule has 1 amide bonds. The first-order chi connectivity index (χ1) is 12.7. The van der Waals surface area contributed by atoms with E-state index in [9.17, 15) is 4.79 Å². The van der Waals surface area contributed by atoms with E-state index >= 15 is 0 Å². The lowest BCUT2D eigenvalue weighted by molar-refractivity contribution is -0.116. The van der Waals surface area contributed by atoms with Crippen LogP contribution >= 0.6 is 11.6 Å². The van der Waals surface area contributed by atoms with E-state index in [1.54, 1.807) is 22.9 Å². The molecule has 0 aliphatic carbocycles. The number of hydrogen-bond donors (Lipinski definition) is 1. The third-order valence-electron chi connectivity index (χ3n) is 4.49. The standard InChI is InChI=1S/C19H12ClN5O/c20-11-6-7-15-13(8-11)16(19(26)23-15)17-14-9-25(12-4-2-1-3-5-12)24-18(14)22-10-21-17/h1-10,16H,(H,23,26). The fourth-order valence-electron chi connectivity index (χ4n) is 3.30. The lowest BCUT2D eigenvalue weighted by Gasteiger charge is -2.09. The van der Waals surface area contributed by atoms with Gasteiger partial charge in [-0.3, -0.25) is 4.79 Å². The maximum atomic E-state index is 12.6. The summed E-state index contributed by atoms with van der Waals surface area (Å²) in [5.74, 6) is -0.669. The van der Waals surface area contributed by atoms with Gasteiger partial charge in [-0.1, -0.05) is 29.8 Å². The summed E-state index contributed by atoms with van der Waals surface area (Å²) >= 11 is 6.14. The van der Waals surface area contributed by atoms with Crippen molar-refractivity contribution in [2.45, 2.75) is 5.92 Å². The van der Waals surface area contributed by atoms with Gasteiger partial charge in [0, 0.05) is 16.9 Å². The van der Waals surface area contributed by atoms with Crippen LogP contribution in [0.5, 0.6) is 0 Å². The van der Waals surface area contributed by atoms with Crippen LogP contribution in [0.1, 0.15) is 17.2 Å². The van der Waals surface area contributed by atoms with Crippen molar-refractivity contribution in [1.82, 2.24) is 19.7 Å². The van der Waals surface area contributed by atoms with E-state index in [0.717, 1.165) is 22.3 Å². The van der Waals surface area contributed by atoms with Crippen LogP contribution in [0.2, 0.25) is 5.02 Å². The molecule has 1 N–H and O–H groups in total. The van der Waals surface area contributed by atoms with E-state index in [1.165, 1.54) is 6.33 Å². The Labute approximate surface area is 153 Å². The summed E-state index contributed by atoms with van der Waals surface area (Å²) in [4.78, 5) is 21.3. The number of carbonyl (C=O) groups excluding carboxylic acids is 1. The number of hydrogen-bond acceptors (Lipinski definition) is 4. The Hall–Kier alpha value is -3.25. The van der Waals surface area contributed by atoms with Crippen LogP contribution in [0.15, 0.2) is 61.1 Å². The molecular formula is C19H12ClN5O. The molecule has 0 saturated carbocycles. The van der Waals surface area contributed by atoms with E-state index in [-0.39, 0.29) is 5.91 Å². The van der Waals surface area contributed by atoms with Crippen LogP contribution in [0.4, 0.5) is 5.69 Å². The van der Waals surface area contributed by atoms with Crippen LogP contribution < -0.4 is 5.32 Å². The Balaban J connectivity index is 1.70. The average Bonchev–Trinajstić information content (AvgIpc) is 3.23. The van der Waals surface area contributed by atoms with Crippen molar-refractivity contribution < 1.29 is 4.79 Å². The fraction of sp³-hybridized carbons (Fsp3) is 0.0526. The number of fused-ring (bicyclic) bond motifs is 2. The summed E-state index contributed by atoms with van der Waals surface area (Å²) in [6.07, 6.45) is 3.30. The van der Waals surface area contributed by atoms with E-state index in [0.29, 0.717) is 16.4 Å². The Kier molecular flexibility index (Phi) is 3.26. The molecule has 1 aliphatic heterocycles. The van der Waals surface area contributed by atoms with Crippen molar-refractivity contribution >= 4 is 34.2 Å². The highest BCUT2D eigenvalue weighted by atomic mass is 35.5. The highest BCUT2D eigenvalue weighted by Crippen LogP contribution is 2.39. The Morgan fingerprint density at radius 2 is 1.92 bits per heavy atom. The molecule has 1 unspecified atom stereocenters. The van der Waals surface area contributed by atoms with Crippen molar-refractivity contribution in [3.63, 3.8) is 0 Å². The molecule has 1 atom stereocenters. The SMILES string of the molecule is O=C1Nc2ccc(Cl)cc2C1c1ncnc2nn(-c3ccccc3)cc12. The van der Waals surface area contributed by atoms with Gasteiger partial charge in [0.1, 0.15) is 12.2 Å². The number of halogens is 1. The number of rotatable bonds is 2. The summed E-state index contributed by atoms with van der Waals surface area (Å²) in [5.41, 5.74) is 3.65. The van der Waals surface area contributed by atoms with Gasteiger partial charge < -0.3 is 5.32 Å². The number of carbonyl (C=O) groups is 1. The monoisotopic (exact) mass is 361 g/mol. The summed E-state index contributed by atoms with van der Waals surface area (Å²) in [6.45, 7) is 0. The minimum Gasteiger partial charge on any atom is -0.325 e. The molecule has 0 saturated heterocycles. The quantitative estimate of drug-likeness (QED) is 0.592. The second kappa shape index (κ2) is 5.64. The van der Waals surface area contributed by atoms with Crippen molar-refractivity contribution in [2.24, 2.45) is 0 Å². The van der Waals surface area contributed by atoms with E-state index in [2.05, 4.69) is 20.4 Å². The molecule has 1 aliphatic rings. The molecule has 0 radical (unpaired) electrons. The second-order valence-corrected chi connectivity index (χ2v) is 6.50. The van der Waals surface area contributed by atoms with Gasteiger partial charge >= 0.3 is 0 Å². The summed E-state index contributed by atoms with van der Waals surface area (Å²) in [7, 11) is 0. The number of aromatic nitrogens is 4. The number of nitrogens with zero attached hydrogens (tertiary/aromatic N) is 4. The average molecular weight is 362 g/mol. The lowest BCUT2D eigenvalue weighted by atomic mass is 9.95. The molecule has 0 bridgehead atoms. The van der Waals surface area contributed by atoms with Crippen molar-refractivity contribution in [1.29, 1.82) is 0 Å². The van der Waals surface area contributed by atoms with Gasteiger partial charge in [0.05, 0.1) is 16.8 Å². The molecule has 7 heteroatoms. The zero-order chi connectivity index (χ0) is 17.7. The van der Waals surface area contributed by atoms with Gasteiger partial charge in [0.2, 0.25) is 5.91 Å². The third kappa shape index (κ3) is 2.27. The van der Waals surface area contributed by atoms with Crippen LogP contribution in [0.3, 0.4) is 0 Å². The van der Waals surface area contributed by atoms with Crippen molar-refractivity contribution in [2.75, 3.05) is 5.32 Å². The van der Waals surface area contributed by atoms with Gasteiger partial charge in [-0.05, 0) is 35.9 Å². The molecular weight excluding hydrogens is 350 g/mol. The first kappa shape index (κ1) is 15.0. The molecule has 4 aromatic rings. The molecule has 2 aromatic heterocycles. The Morgan fingerprint density at radius 1 is 1.08 bits per heavy atom. The van der Waals surface area contributed by atoms with Crippen LogP contribution in [-0.4, -0.2) is 25.7 Å². The molecule has 2 aromatic carbocycles. The van der Waals surface area contributed by atoms with Crippen molar-refractivity contribution in [3.8, 4) is 5.69 Å². The summed E-state index contributed by atoms with van der Waals surface area (Å²) in [6, 6.07) is 15.1. The Bertz CT molecular complexity index is 1160. The molecule has 0 fully saturated rings. The highest BCUT2D eigenvalue weighted by molar-refractivity contribution is 6.31. The Morgan fingerprint density at radius 3 is 2.77 bits per heavy atom. The normalized spacial score (nSPS) is 15.9. The topological polar surface area (TPSA) is 72.7 Å². The second-order valence-electron chi connectivity index (χ2n) is 6.06. The van der Waals surface area contributed by atoms with Gasteiger partial charge in [0.25, 0.3) is 0 Å². The van der Waals surface area contributed by atoms with Crippen LogP contribution in [0, 0.1) is 0 Å². The summed E-state index contributed by atoms with van der Waals surface area (Å²) in [5, 5.41) is 8.73. The third-order valence-corrected chi connectivity index (χ3v) is 4.72. The van der Waals surface area contributed by atoms with Crippen LogP contribution in [0.25, 0.3) is 16.7 Å². The summed E-state index contributed by atoms with van der Waals surface area (Å²) < 4.78 is 1.74. The van der Waals surface area contributed by atoms with Gasteiger partial charge in [0.15, 0.2) is 5.65 Å². The maximum absolute atomic E-state index is 12.6.